The maximum Gasteiger partial charge on any atom is 0.393 e. The summed E-state index contributed by atoms with van der Waals surface area (Å²) in [5.41, 5.74) is 0.960. The van der Waals surface area contributed by atoms with Gasteiger partial charge in [-0.25, -0.2) is 9.67 Å². The predicted octanol–water partition coefficient (Wildman–Crippen LogP) is 3.43. The summed E-state index contributed by atoms with van der Waals surface area (Å²) in [6, 6.07) is 1.78. The molecule has 3 rings (SSSR count). The maximum absolute atomic E-state index is 12.9. The standard InChI is InChI=1S/C16H19F3N4O/c1-10(2)23-14-11(8-21-23)6-12(7-20-14)15(24)22-5-3-4-13(9-22)16(17,18)19/h6-8,10,13H,3-5,9H2,1-2H3. The van der Waals surface area contributed by atoms with Crippen LogP contribution >= 0.6 is 0 Å². The van der Waals surface area contributed by atoms with Crippen molar-refractivity contribution in [2.45, 2.75) is 38.9 Å². The van der Waals surface area contributed by atoms with E-state index in [0.717, 1.165) is 0 Å². The molecular weight excluding hydrogens is 321 g/mol. The van der Waals surface area contributed by atoms with Crippen molar-refractivity contribution >= 4 is 16.9 Å². The topological polar surface area (TPSA) is 51.0 Å². The molecule has 1 unspecified atom stereocenters. The molecule has 0 radical (unpaired) electrons. The van der Waals surface area contributed by atoms with Crippen LogP contribution in [0.25, 0.3) is 11.0 Å². The summed E-state index contributed by atoms with van der Waals surface area (Å²) in [5, 5.41) is 4.94. The van der Waals surface area contributed by atoms with E-state index >= 15 is 0 Å². The molecule has 8 heteroatoms. The Bertz CT molecular complexity index is 753. The number of alkyl halides is 3. The van der Waals surface area contributed by atoms with Gasteiger partial charge in [0.05, 0.1) is 17.7 Å². The molecule has 130 valence electrons. The van der Waals surface area contributed by atoms with Gasteiger partial charge in [0.1, 0.15) is 0 Å². The van der Waals surface area contributed by atoms with Crippen LogP contribution in [-0.4, -0.2) is 44.8 Å². The number of likely N-dealkylation sites (tertiary alicyclic amines) is 1. The second-order valence-electron chi connectivity index (χ2n) is 6.45. The number of hydrogen-bond acceptors (Lipinski definition) is 3. The fraction of sp³-hybridized carbons (Fsp3) is 0.562. The number of rotatable bonds is 2. The minimum atomic E-state index is -4.26. The molecule has 2 aromatic heterocycles. The van der Waals surface area contributed by atoms with Crippen molar-refractivity contribution in [3.05, 3.63) is 24.0 Å². The summed E-state index contributed by atoms with van der Waals surface area (Å²) in [5.74, 6) is -1.86. The van der Waals surface area contributed by atoms with Crippen LogP contribution in [0.5, 0.6) is 0 Å². The normalized spacial score (nSPS) is 19.2. The van der Waals surface area contributed by atoms with Gasteiger partial charge in [-0.2, -0.15) is 18.3 Å². The van der Waals surface area contributed by atoms with Gasteiger partial charge in [0.25, 0.3) is 5.91 Å². The van der Waals surface area contributed by atoms with Gasteiger partial charge in [0.15, 0.2) is 5.65 Å². The van der Waals surface area contributed by atoms with Crippen LogP contribution in [-0.2, 0) is 0 Å². The number of carbonyl (C=O) groups excluding carboxylic acids is 1. The Balaban J connectivity index is 1.83. The van der Waals surface area contributed by atoms with Gasteiger partial charge < -0.3 is 4.90 Å². The third kappa shape index (κ3) is 3.09. The second-order valence-corrected chi connectivity index (χ2v) is 6.45. The summed E-state index contributed by atoms with van der Waals surface area (Å²) in [6.07, 6.45) is -0.793. The van der Waals surface area contributed by atoms with Crippen LogP contribution < -0.4 is 0 Å². The Morgan fingerprint density at radius 2 is 2.08 bits per heavy atom. The number of nitrogens with zero attached hydrogens (tertiary/aromatic N) is 4. The maximum atomic E-state index is 12.9. The quantitative estimate of drug-likeness (QED) is 0.842. The van der Waals surface area contributed by atoms with Crippen molar-refractivity contribution in [2.24, 2.45) is 5.92 Å². The van der Waals surface area contributed by atoms with Crippen molar-refractivity contribution in [1.82, 2.24) is 19.7 Å². The highest BCUT2D eigenvalue weighted by atomic mass is 19.4. The number of halogens is 3. The molecule has 1 fully saturated rings. The predicted molar refractivity (Wildman–Crippen MR) is 82.6 cm³/mol. The van der Waals surface area contributed by atoms with Gasteiger partial charge in [0.2, 0.25) is 0 Å². The summed E-state index contributed by atoms with van der Waals surface area (Å²) in [4.78, 5) is 18.1. The molecule has 0 aliphatic carbocycles. The van der Waals surface area contributed by atoms with Crippen molar-refractivity contribution in [3.8, 4) is 0 Å². The Hall–Kier alpha value is -2.12. The lowest BCUT2D eigenvalue weighted by atomic mass is 9.97. The molecule has 0 N–H and O–H groups in total. The van der Waals surface area contributed by atoms with Gasteiger partial charge in [-0.05, 0) is 32.8 Å². The molecule has 1 atom stereocenters. The number of aromatic nitrogens is 3. The van der Waals surface area contributed by atoms with E-state index in [9.17, 15) is 18.0 Å². The molecule has 0 saturated carbocycles. The molecule has 1 aliphatic rings. The fourth-order valence-electron chi connectivity index (χ4n) is 3.05. The van der Waals surface area contributed by atoms with Crippen LogP contribution in [0.2, 0.25) is 0 Å². The first-order chi connectivity index (χ1) is 11.3. The van der Waals surface area contributed by atoms with Crippen LogP contribution in [0, 0.1) is 5.92 Å². The first kappa shape index (κ1) is 16.7. The molecule has 3 heterocycles. The number of carbonyl (C=O) groups is 1. The zero-order valence-electron chi connectivity index (χ0n) is 13.5. The number of piperidine rings is 1. The third-order valence-electron chi connectivity index (χ3n) is 4.34. The highest BCUT2D eigenvalue weighted by molar-refractivity contribution is 5.96. The summed E-state index contributed by atoms with van der Waals surface area (Å²) >= 11 is 0. The third-order valence-corrected chi connectivity index (χ3v) is 4.34. The molecule has 5 nitrogen and oxygen atoms in total. The summed E-state index contributed by atoms with van der Waals surface area (Å²) in [6.45, 7) is 4.00. The minimum absolute atomic E-state index is 0.0751. The van der Waals surface area contributed by atoms with E-state index < -0.39 is 18.0 Å². The Labute approximate surface area is 137 Å². The van der Waals surface area contributed by atoms with Gasteiger partial charge in [0, 0.05) is 30.7 Å². The first-order valence-electron chi connectivity index (χ1n) is 7.96. The highest BCUT2D eigenvalue weighted by Crippen LogP contribution is 2.33. The van der Waals surface area contributed by atoms with Gasteiger partial charge in [-0.15, -0.1) is 0 Å². The highest BCUT2D eigenvalue weighted by Gasteiger charge is 2.42. The minimum Gasteiger partial charge on any atom is -0.338 e. The number of hydrogen-bond donors (Lipinski definition) is 0. The van der Waals surface area contributed by atoms with Crippen LogP contribution in [0.3, 0.4) is 0 Å². The van der Waals surface area contributed by atoms with Gasteiger partial charge in [-0.1, -0.05) is 0 Å². The van der Waals surface area contributed by atoms with E-state index in [1.54, 1.807) is 16.9 Å². The average Bonchev–Trinajstić information content (AvgIpc) is 2.96. The SMILES string of the molecule is CC(C)n1ncc2cc(C(=O)N3CCCC(C(F)(F)F)C3)cnc21. The summed E-state index contributed by atoms with van der Waals surface area (Å²) in [7, 11) is 0. The molecule has 1 aliphatic heterocycles. The van der Waals surface area contributed by atoms with Crippen molar-refractivity contribution in [3.63, 3.8) is 0 Å². The zero-order chi connectivity index (χ0) is 17.5. The number of fused-ring (bicyclic) bond motifs is 1. The zero-order valence-corrected chi connectivity index (χ0v) is 13.5. The molecule has 0 spiro atoms. The smallest absolute Gasteiger partial charge is 0.338 e. The lowest BCUT2D eigenvalue weighted by Crippen LogP contribution is -2.44. The lowest BCUT2D eigenvalue weighted by Gasteiger charge is -2.33. The van der Waals surface area contributed by atoms with E-state index in [2.05, 4.69) is 10.1 Å². The fourth-order valence-corrected chi connectivity index (χ4v) is 3.05. The van der Waals surface area contributed by atoms with E-state index in [0.29, 0.717) is 29.6 Å². The van der Waals surface area contributed by atoms with Crippen molar-refractivity contribution in [2.75, 3.05) is 13.1 Å². The van der Waals surface area contributed by atoms with Gasteiger partial charge in [-0.3, -0.25) is 4.79 Å². The van der Waals surface area contributed by atoms with Crippen molar-refractivity contribution in [1.29, 1.82) is 0 Å². The largest absolute Gasteiger partial charge is 0.393 e. The number of pyridine rings is 1. The summed E-state index contributed by atoms with van der Waals surface area (Å²) < 4.78 is 40.5. The molecule has 1 saturated heterocycles. The Morgan fingerprint density at radius 1 is 1.33 bits per heavy atom. The van der Waals surface area contributed by atoms with E-state index in [-0.39, 0.29) is 19.0 Å². The lowest BCUT2D eigenvalue weighted by molar-refractivity contribution is -0.184. The Kier molecular flexibility index (Phi) is 4.23. The molecule has 0 bridgehead atoms. The average molecular weight is 340 g/mol. The van der Waals surface area contributed by atoms with E-state index in [1.165, 1.54) is 11.1 Å². The second kappa shape index (κ2) is 6.07. The molecule has 2 aromatic rings. The number of amides is 1. The van der Waals surface area contributed by atoms with Crippen LogP contribution in [0.4, 0.5) is 13.2 Å². The van der Waals surface area contributed by atoms with Crippen molar-refractivity contribution < 1.29 is 18.0 Å². The van der Waals surface area contributed by atoms with E-state index in [1.807, 2.05) is 13.8 Å². The van der Waals surface area contributed by atoms with Gasteiger partial charge >= 0.3 is 6.18 Å². The molecule has 0 aromatic carbocycles. The van der Waals surface area contributed by atoms with Crippen LogP contribution in [0.15, 0.2) is 18.5 Å². The molecule has 1 amide bonds. The Morgan fingerprint density at radius 3 is 2.75 bits per heavy atom. The monoisotopic (exact) mass is 340 g/mol. The molecule has 24 heavy (non-hydrogen) atoms. The first-order valence-corrected chi connectivity index (χ1v) is 7.96. The van der Waals surface area contributed by atoms with Crippen LogP contribution in [0.1, 0.15) is 43.1 Å². The van der Waals surface area contributed by atoms with E-state index in [4.69, 9.17) is 0 Å². The molecular formula is C16H19F3N4O.